The number of amides is 2. The zero-order valence-electron chi connectivity index (χ0n) is 11.7. The summed E-state index contributed by atoms with van der Waals surface area (Å²) in [7, 11) is 0. The highest BCUT2D eigenvalue weighted by Crippen LogP contribution is 2.06. The topological polar surface area (TPSA) is 107 Å². The van der Waals surface area contributed by atoms with Gasteiger partial charge in [0.15, 0.2) is 0 Å². The van der Waals surface area contributed by atoms with E-state index in [2.05, 4.69) is 20.6 Å². The predicted octanol–water partition coefficient (Wildman–Crippen LogP) is 1.14. The molecule has 1 aromatic heterocycles. The number of aryl methyl sites for hydroxylation is 1. The minimum Gasteiger partial charge on any atom is -0.481 e. The molecule has 1 rings (SSSR count). The molecule has 0 saturated heterocycles. The van der Waals surface area contributed by atoms with Gasteiger partial charge in [-0.3, -0.25) is 4.79 Å². The number of hydrogen-bond acceptors (Lipinski definition) is 3. The summed E-state index contributed by atoms with van der Waals surface area (Å²) < 4.78 is 0. The Morgan fingerprint density at radius 2 is 2.25 bits per heavy atom. The average molecular weight is 282 g/mol. The molecule has 0 aliphatic heterocycles. The van der Waals surface area contributed by atoms with Crippen LogP contribution in [0.5, 0.6) is 0 Å². The average Bonchev–Trinajstić information content (AvgIpc) is 2.92. The summed E-state index contributed by atoms with van der Waals surface area (Å²) in [6.07, 6.45) is 5.85. The number of carbonyl (C=O) groups excluding carboxylic acids is 1. The van der Waals surface area contributed by atoms with Crippen molar-refractivity contribution in [2.45, 2.75) is 32.6 Å². The number of H-pyrrole nitrogens is 1. The molecular weight excluding hydrogens is 260 g/mol. The Kier molecular flexibility index (Phi) is 7.16. The van der Waals surface area contributed by atoms with Crippen LogP contribution in [-0.4, -0.2) is 40.2 Å². The zero-order valence-corrected chi connectivity index (χ0v) is 11.7. The Bertz CT molecular complexity index is 406. The molecule has 7 nitrogen and oxygen atoms in total. The molecule has 0 radical (unpaired) electrons. The summed E-state index contributed by atoms with van der Waals surface area (Å²) in [4.78, 5) is 29.2. The van der Waals surface area contributed by atoms with Crippen molar-refractivity contribution in [2.24, 2.45) is 5.92 Å². The van der Waals surface area contributed by atoms with E-state index in [-0.39, 0.29) is 18.4 Å². The van der Waals surface area contributed by atoms with Crippen LogP contribution >= 0.6 is 0 Å². The van der Waals surface area contributed by atoms with Crippen LogP contribution < -0.4 is 10.6 Å². The summed E-state index contributed by atoms with van der Waals surface area (Å²) in [5.74, 6) is 0.0404. The zero-order chi connectivity index (χ0) is 14.8. The summed E-state index contributed by atoms with van der Waals surface area (Å²) in [6, 6.07) is -0.256. The van der Waals surface area contributed by atoms with Gasteiger partial charge < -0.3 is 20.7 Å². The smallest absolute Gasteiger partial charge is 0.314 e. The van der Waals surface area contributed by atoms with E-state index in [4.69, 9.17) is 5.11 Å². The second kappa shape index (κ2) is 8.95. The molecule has 2 amide bonds. The van der Waals surface area contributed by atoms with Gasteiger partial charge in [0.2, 0.25) is 0 Å². The van der Waals surface area contributed by atoms with E-state index in [1.807, 2.05) is 6.92 Å². The Balaban J connectivity index is 2.08. The fourth-order valence-corrected chi connectivity index (χ4v) is 1.80. The maximum atomic E-state index is 11.5. The van der Waals surface area contributed by atoms with Crippen molar-refractivity contribution >= 4 is 12.0 Å². The van der Waals surface area contributed by atoms with Gasteiger partial charge in [0, 0.05) is 38.3 Å². The van der Waals surface area contributed by atoms with Gasteiger partial charge >= 0.3 is 12.0 Å². The van der Waals surface area contributed by atoms with Crippen molar-refractivity contribution in [1.29, 1.82) is 0 Å². The van der Waals surface area contributed by atoms with Gasteiger partial charge in [0.05, 0.1) is 0 Å². The maximum absolute atomic E-state index is 11.5. The van der Waals surface area contributed by atoms with E-state index in [1.165, 1.54) is 0 Å². The molecule has 1 aromatic rings. The number of urea groups is 1. The number of aliphatic carboxylic acids is 1. The fourth-order valence-electron chi connectivity index (χ4n) is 1.80. The highest BCUT2D eigenvalue weighted by atomic mass is 16.4. The van der Waals surface area contributed by atoms with Crippen LogP contribution in [0.1, 0.15) is 32.0 Å². The molecule has 0 aliphatic rings. The number of nitrogens with zero attached hydrogens (tertiary/aromatic N) is 1. The Morgan fingerprint density at radius 1 is 1.45 bits per heavy atom. The first-order chi connectivity index (χ1) is 9.61. The monoisotopic (exact) mass is 282 g/mol. The molecule has 0 aromatic carbocycles. The number of imidazole rings is 1. The molecule has 7 heteroatoms. The fraction of sp³-hybridized carbons (Fsp3) is 0.615. The lowest BCUT2D eigenvalue weighted by Gasteiger charge is -2.13. The minimum absolute atomic E-state index is 0.0265. The molecule has 1 heterocycles. The van der Waals surface area contributed by atoms with Gasteiger partial charge in [-0.25, -0.2) is 9.78 Å². The number of aromatic nitrogens is 2. The van der Waals surface area contributed by atoms with E-state index < -0.39 is 5.97 Å². The van der Waals surface area contributed by atoms with Crippen molar-refractivity contribution < 1.29 is 14.7 Å². The second-order valence-corrected chi connectivity index (χ2v) is 4.65. The molecule has 1 atom stereocenters. The Morgan fingerprint density at radius 3 is 2.85 bits per heavy atom. The van der Waals surface area contributed by atoms with Crippen LogP contribution in [-0.2, 0) is 11.2 Å². The highest BCUT2D eigenvalue weighted by Gasteiger charge is 2.12. The number of carboxylic acid groups (broad SMARTS) is 1. The van der Waals surface area contributed by atoms with Crippen LogP contribution in [0, 0.1) is 5.92 Å². The lowest BCUT2D eigenvalue weighted by molar-refractivity contribution is -0.138. The van der Waals surface area contributed by atoms with Crippen LogP contribution in [0.15, 0.2) is 12.4 Å². The van der Waals surface area contributed by atoms with Gasteiger partial charge in [-0.15, -0.1) is 0 Å². The van der Waals surface area contributed by atoms with Crippen LogP contribution in [0.3, 0.4) is 0 Å². The third-order valence-electron chi connectivity index (χ3n) is 3.02. The normalized spacial score (nSPS) is 11.8. The lowest BCUT2D eigenvalue weighted by atomic mass is 10.0. The van der Waals surface area contributed by atoms with Gasteiger partial charge in [-0.2, -0.15) is 0 Å². The first kappa shape index (κ1) is 16.0. The number of rotatable bonds is 9. The molecule has 0 fully saturated rings. The van der Waals surface area contributed by atoms with Crippen molar-refractivity contribution in [1.82, 2.24) is 20.6 Å². The molecule has 1 unspecified atom stereocenters. The molecule has 112 valence electrons. The van der Waals surface area contributed by atoms with Gasteiger partial charge in [0.25, 0.3) is 0 Å². The predicted molar refractivity (Wildman–Crippen MR) is 74.3 cm³/mol. The minimum atomic E-state index is -0.836. The molecule has 0 spiro atoms. The van der Waals surface area contributed by atoms with Crippen molar-refractivity contribution in [2.75, 3.05) is 13.1 Å². The molecule has 0 aliphatic carbocycles. The molecule has 20 heavy (non-hydrogen) atoms. The lowest BCUT2D eigenvalue weighted by Crippen LogP contribution is -2.39. The van der Waals surface area contributed by atoms with Crippen LogP contribution in [0.25, 0.3) is 0 Å². The summed E-state index contributed by atoms with van der Waals surface area (Å²) in [5.41, 5.74) is 0. The third kappa shape index (κ3) is 6.77. The van der Waals surface area contributed by atoms with Gasteiger partial charge in [-0.05, 0) is 12.3 Å². The number of nitrogens with one attached hydrogen (secondary N) is 3. The number of hydrogen-bond donors (Lipinski definition) is 4. The van der Waals surface area contributed by atoms with E-state index in [1.54, 1.807) is 12.4 Å². The largest absolute Gasteiger partial charge is 0.481 e. The first-order valence-corrected chi connectivity index (χ1v) is 6.83. The molecule has 0 bridgehead atoms. The van der Waals surface area contributed by atoms with E-state index in [0.29, 0.717) is 13.1 Å². The third-order valence-corrected chi connectivity index (χ3v) is 3.02. The SMILES string of the molecule is CCC(CNC(=O)NCCCc1ncc[nH]1)CC(=O)O. The summed E-state index contributed by atoms with van der Waals surface area (Å²) in [6.45, 7) is 2.85. The van der Waals surface area contributed by atoms with Crippen molar-refractivity contribution in [3.05, 3.63) is 18.2 Å². The molecule has 4 N–H and O–H groups in total. The number of aromatic amines is 1. The maximum Gasteiger partial charge on any atom is 0.314 e. The van der Waals surface area contributed by atoms with E-state index >= 15 is 0 Å². The van der Waals surface area contributed by atoms with Crippen LogP contribution in [0.4, 0.5) is 4.79 Å². The van der Waals surface area contributed by atoms with Crippen molar-refractivity contribution in [3.8, 4) is 0 Å². The van der Waals surface area contributed by atoms with Crippen molar-refractivity contribution in [3.63, 3.8) is 0 Å². The van der Waals surface area contributed by atoms with Gasteiger partial charge in [-0.1, -0.05) is 13.3 Å². The second-order valence-electron chi connectivity index (χ2n) is 4.65. The van der Waals surface area contributed by atoms with Crippen LogP contribution in [0.2, 0.25) is 0 Å². The van der Waals surface area contributed by atoms with E-state index in [9.17, 15) is 9.59 Å². The quantitative estimate of drug-likeness (QED) is 0.509. The van der Waals surface area contributed by atoms with Gasteiger partial charge in [0.1, 0.15) is 5.82 Å². The summed E-state index contributed by atoms with van der Waals surface area (Å²) >= 11 is 0. The summed E-state index contributed by atoms with van der Waals surface area (Å²) in [5, 5.41) is 14.1. The van der Waals surface area contributed by atoms with E-state index in [0.717, 1.165) is 25.1 Å². The Hall–Kier alpha value is -2.05. The number of carboxylic acids is 1. The standard InChI is InChI=1S/C13H22N4O3/c1-2-10(8-12(18)19)9-17-13(20)16-5-3-4-11-14-6-7-15-11/h6-7,10H,2-5,8-9H2,1H3,(H,14,15)(H,18,19)(H2,16,17,20). The molecular formula is C13H22N4O3. The number of carbonyl (C=O) groups is 2. The highest BCUT2D eigenvalue weighted by molar-refractivity contribution is 5.74. The Labute approximate surface area is 118 Å². The molecule has 0 saturated carbocycles. The first-order valence-electron chi connectivity index (χ1n) is 6.83.